The number of ketones is 1. The van der Waals surface area contributed by atoms with Gasteiger partial charge in [0, 0.05) is 5.92 Å². The zero-order valence-electron chi connectivity index (χ0n) is 37.1. The number of Topliss-reactive ketones (excluding diaryl/α,β-unsaturated/α-hetero) is 1. The van der Waals surface area contributed by atoms with Gasteiger partial charge in [0.05, 0.1) is 38.1 Å². The third-order valence-corrected chi connectivity index (χ3v) is 15.7. The van der Waals surface area contributed by atoms with Crippen molar-refractivity contribution in [3.05, 3.63) is 155 Å². The van der Waals surface area contributed by atoms with Crippen molar-refractivity contribution >= 4 is 11.8 Å². The Morgan fingerprint density at radius 2 is 1.27 bits per heavy atom. The summed E-state index contributed by atoms with van der Waals surface area (Å²) in [7, 11) is 0. The molecule has 12 atom stereocenters. The molecule has 0 radical (unpaired) electrons. The number of carbonyl (C=O) groups is 2. The summed E-state index contributed by atoms with van der Waals surface area (Å²) >= 11 is 0. The molecule has 9 rings (SSSR count). The topological polar surface area (TPSA) is 89.5 Å². The molecule has 4 aliphatic carbocycles. The maximum absolute atomic E-state index is 14.1. The number of carbonyl (C=O) groups excluding carboxylic acids is 2. The van der Waals surface area contributed by atoms with Gasteiger partial charge in [-0.2, -0.15) is 0 Å². The van der Waals surface area contributed by atoms with Gasteiger partial charge in [0.25, 0.3) is 0 Å². The monoisotopic (exact) mass is 852 g/mol. The summed E-state index contributed by atoms with van der Waals surface area (Å²) in [6.07, 6.45) is 6.59. The first-order valence-corrected chi connectivity index (χ1v) is 23.4. The lowest BCUT2D eigenvalue weighted by atomic mass is 9.47. The number of fused-ring (bicyclic) bond motifs is 5. The highest BCUT2D eigenvalue weighted by atomic mass is 16.7. The Bertz CT molecular complexity index is 2160. The van der Waals surface area contributed by atoms with Gasteiger partial charge < -0.3 is 28.4 Å². The van der Waals surface area contributed by atoms with Crippen LogP contribution in [0.1, 0.15) is 99.2 Å². The van der Waals surface area contributed by atoms with E-state index in [2.05, 4.69) is 19.9 Å². The lowest BCUT2D eigenvalue weighted by Crippen LogP contribution is -2.62. The van der Waals surface area contributed by atoms with E-state index in [0.717, 1.165) is 61.6 Å². The van der Waals surface area contributed by atoms with Crippen molar-refractivity contribution in [2.24, 2.45) is 34.5 Å². The third kappa shape index (κ3) is 9.39. The fourth-order valence-electron chi connectivity index (χ4n) is 12.4. The van der Waals surface area contributed by atoms with Crippen molar-refractivity contribution in [1.82, 2.24) is 0 Å². The maximum Gasteiger partial charge on any atom is 0.338 e. The van der Waals surface area contributed by atoms with Gasteiger partial charge in [-0.1, -0.05) is 135 Å². The van der Waals surface area contributed by atoms with E-state index in [1.807, 2.05) is 116 Å². The molecule has 8 heteroatoms. The smallest absolute Gasteiger partial charge is 0.338 e. The van der Waals surface area contributed by atoms with Crippen LogP contribution >= 0.6 is 0 Å². The fourth-order valence-corrected chi connectivity index (χ4v) is 12.4. The van der Waals surface area contributed by atoms with E-state index in [0.29, 0.717) is 42.3 Å². The quantitative estimate of drug-likeness (QED) is 0.0863. The van der Waals surface area contributed by atoms with Crippen LogP contribution in [-0.4, -0.2) is 55.2 Å². The summed E-state index contributed by atoms with van der Waals surface area (Å²) in [5.74, 6) is 1.88. The molecule has 4 aromatic carbocycles. The van der Waals surface area contributed by atoms with E-state index in [1.54, 1.807) is 12.1 Å². The van der Waals surface area contributed by atoms with E-state index in [-0.39, 0.29) is 36.1 Å². The second-order valence-corrected chi connectivity index (χ2v) is 19.3. The average Bonchev–Trinajstić information content (AvgIpc) is 3.68. The molecule has 63 heavy (non-hydrogen) atoms. The zero-order chi connectivity index (χ0) is 43.4. The molecule has 8 nitrogen and oxygen atoms in total. The standard InChI is InChI=1S/C55H64O8/c1-37(56)45-26-27-46-44-25-24-42-32-43(28-30-54(42,2)47(44)29-31-55(45,46)3)61-53-51(63-52(57)41-22-14-7-15-23-41)50(60-35-40-20-12-6-13-21-40)49(59-34-39-18-10-5-11-19-39)48(62-53)36-58-33-38-16-8-4-9-17-38/h4-24,43-51,53H,25-36H2,1-3H3/t43-,44?,45+,46?,47?,48?,49+,50?,51?,53+,54-,55+/m0/s1. The van der Waals surface area contributed by atoms with Gasteiger partial charge in [-0.25, -0.2) is 4.79 Å². The third-order valence-electron chi connectivity index (χ3n) is 15.7. The number of esters is 1. The molecule has 1 saturated heterocycles. The minimum Gasteiger partial charge on any atom is -0.450 e. The summed E-state index contributed by atoms with van der Waals surface area (Å²) in [5.41, 5.74) is 5.14. The van der Waals surface area contributed by atoms with Gasteiger partial charge in [0.15, 0.2) is 12.4 Å². The molecule has 0 amide bonds. The molecule has 1 aliphatic heterocycles. The summed E-state index contributed by atoms with van der Waals surface area (Å²) < 4.78 is 40.9. The van der Waals surface area contributed by atoms with Crippen molar-refractivity contribution in [2.45, 2.75) is 129 Å². The summed E-state index contributed by atoms with van der Waals surface area (Å²) in [4.78, 5) is 26.9. The molecule has 1 heterocycles. The van der Waals surface area contributed by atoms with Crippen LogP contribution in [0, 0.1) is 34.5 Å². The normalized spacial score (nSPS) is 33.6. The van der Waals surface area contributed by atoms with Crippen LogP contribution in [0.3, 0.4) is 0 Å². The number of rotatable bonds is 15. The van der Waals surface area contributed by atoms with Gasteiger partial charge in [-0.3, -0.25) is 4.79 Å². The van der Waals surface area contributed by atoms with Gasteiger partial charge in [0.2, 0.25) is 0 Å². The van der Waals surface area contributed by atoms with Crippen molar-refractivity contribution < 1.29 is 38.0 Å². The first kappa shape index (κ1) is 43.8. The van der Waals surface area contributed by atoms with Crippen LogP contribution in [0.2, 0.25) is 0 Å². The minimum atomic E-state index is -0.960. The Labute approximate surface area is 373 Å². The molecule has 0 N–H and O–H groups in total. The van der Waals surface area contributed by atoms with Gasteiger partial charge in [-0.15, -0.1) is 0 Å². The van der Waals surface area contributed by atoms with Crippen molar-refractivity contribution in [2.75, 3.05) is 6.61 Å². The molecular formula is C55H64O8. The van der Waals surface area contributed by atoms with Gasteiger partial charge in [-0.05, 0) is 116 Å². The summed E-state index contributed by atoms with van der Waals surface area (Å²) in [6, 6.07) is 39.2. The van der Waals surface area contributed by atoms with E-state index < -0.39 is 36.7 Å². The fraction of sp³-hybridized carbons (Fsp3) is 0.491. The Kier molecular flexibility index (Phi) is 13.4. The molecule has 0 aromatic heterocycles. The second kappa shape index (κ2) is 19.3. The minimum absolute atomic E-state index is 0.0799. The highest BCUT2D eigenvalue weighted by molar-refractivity contribution is 5.89. The molecule has 4 aromatic rings. The van der Waals surface area contributed by atoms with E-state index in [4.69, 9.17) is 28.4 Å². The van der Waals surface area contributed by atoms with Crippen LogP contribution in [0.25, 0.3) is 0 Å². The molecule has 3 saturated carbocycles. The Hall–Kier alpha value is -4.44. The van der Waals surface area contributed by atoms with Crippen molar-refractivity contribution in [3.8, 4) is 0 Å². The van der Waals surface area contributed by atoms with Crippen LogP contribution < -0.4 is 0 Å². The Morgan fingerprint density at radius 3 is 1.90 bits per heavy atom. The van der Waals surface area contributed by atoms with Crippen LogP contribution in [0.4, 0.5) is 0 Å². The van der Waals surface area contributed by atoms with Crippen LogP contribution in [0.15, 0.2) is 133 Å². The van der Waals surface area contributed by atoms with Gasteiger partial charge >= 0.3 is 5.97 Å². The number of allylic oxidation sites excluding steroid dienone is 1. The lowest BCUT2D eigenvalue weighted by Gasteiger charge is -2.58. The molecule has 5 aliphatic rings. The van der Waals surface area contributed by atoms with Gasteiger partial charge in [0.1, 0.15) is 24.1 Å². The second-order valence-electron chi connectivity index (χ2n) is 19.3. The first-order chi connectivity index (χ1) is 30.7. The predicted octanol–water partition coefficient (Wildman–Crippen LogP) is 10.9. The highest BCUT2D eigenvalue weighted by Crippen LogP contribution is 2.66. The Balaban J connectivity index is 1.01. The number of hydrogen-bond acceptors (Lipinski definition) is 8. The average molecular weight is 853 g/mol. The van der Waals surface area contributed by atoms with Crippen molar-refractivity contribution in [1.29, 1.82) is 0 Å². The van der Waals surface area contributed by atoms with E-state index >= 15 is 0 Å². The van der Waals surface area contributed by atoms with Crippen molar-refractivity contribution in [3.63, 3.8) is 0 Å². The van der Waals surface area contributed by atoms with E-state index in [9.17, 15) is 9.59 Å². The summed E-state index contributed by atoms with van der Waals surface area (Å²) in [6.45, 7) is 7.89. The molecular weight excluding hydrogens is 789 g/mol. The number of benzene rings is 4. The molecule has 0 bridgehead atoms. The molecule has 6 unspecified atom stereocenters. The van der Waals surface area contributed by atoms with E-state index in [1.165, 1.54) is 12.0 Å². The number of ether oxygens (including phenoxy) is 6. The van der Waals surface area contributed by atoms with Crippen LogP contribution in [-0.2, 0) is 53.0 Å². The zero-order valence-corrected chi connectivity index (χ0v) is 37.1. The number of hydrogen-bond donors (Lipinski definition) is 0. The molecule has 0 spiro atoms. The first-order valence-electron chi connectivity index (χ1n) is 23.4. The van der Waals surface area contributed by atoms with Crippen LogP contribution in [0.5, 0.6) is 0 Å². The summed E-state index contributed by atoms with van der Waals surface area (Å²) in [5, 5.41) is 0. The highest BCUT2D eigenvalue weighted by Gasteiger charge is 2.60. The molecule has 4 fully saturated rings. The molecule has 332 valence electrons. The lowest BCUT2D eigenvalue weighted by molar-refractivity contribution is -0.327. The predicted molar refractivity (Wildman–Crippen MR) is 241 cm³/mol. The SMILES string of the molecule is CC(=O)[C@H]1CCC2C3CC=C4C[C@@H](O[C@@H]5OC(COCc6ccccc6)[C@@H](OCc6ccccc6)C(OCc6ccccc6)C5OC(=O)c5ccccc5)CC[C@]4(C)C3CC[C@@]21C. The largest absolute Gasteiger partial charge is 0.450 e. The Morgan fingerprint density at radius 1 is 0.667 bits per heavy atom. The maximum atomic E-state index is 14.1.